The SMILES string of the molecule is COc1ccc(C(c2nnnn2Cc2ccccc2)N2CCN(C3CCCC3)CC2)c(OC)c1. The number of piperazine rings is 1. The quantitative estimate of drug-likeness (QED) is 0.508. The first kappa shape index (κ1) is 22.8. The van der Waals surface area contributed by atoms with Crippen molar-refractivity contribution in [2.24, 2.45) is 0 Å². The number of aromatic nitrogens is 4. The minimum absolute atomic E-state index is 0.106. The van der Waals surface area contributed by atoms with Gasteiger partial charge in [0.15, 0.2) is 5.82 Å². The standard InChI is InChI=1S/C26H34N6O2/c1-33-22-12-13-23(24(18-22)34-2)25(31-16-14-30(15-17-31)21-10-6-7-11-21)26-27-28-29-32(26)19-20-8-4-3-5-9-20/h3-5,8-9,12-13,18,21,25H,6-7,10-11,14-17,19H2,1-2H3. The highest BCUT2D eigenvalue weighted by Crippen LogP contribution is 2.37. The third kappa shape index (κ3) is 4.79. The third-order valence-electron chi connectivity index (χ3n) is 7.27. The van der Waals surface area contributed by atoms with Gasteiger partial charge in [-0.1, -0.05) is 43.2 Å². The van der Waals surface area contributed by atoms with Crippen LogP contribution >= 0.6 is 0 Å². The van der Waals surface area contributed by atoms with Gasteiger partial charge in [0.1, 0.15) is 17.5 Å². The summed E-state index contributed by atoms with van der Waals surface area (Å²) in [5.74, 6) is 2.40. The molecular weight excluding hydrogens is 428 g/mol. The van der Waals surface area contributed by atoms with Gasteiger partial charge in [-0.2, -0.15) is 0 Å². The van der Waals surface area contributed by atoms with E-state index in [4.69, 9.17) is 9.47 Å². The number of rotatable bonds is 8. The van der Waals surface area contributed by atoms with Crippen molar-refractivity contribution >= 4 is 0 Å². The summed E-state index contributed by atoms with van der Waals surface area (Å²) in [6.45, 7) is 4.70. The van der Waals surface area contributed by atoms with E-state index >= 15 is 0 Å². The fraction of sp³-hybridized carbons (Fsp3) is 0.500. The molecule has 2 aromatic carbocycles. The van der Waals surface area contributed by atoms with Crippen molar-refractivity contribution < 1.29 is 9.47 Å². The van der Waals surface area contributed by atoms with Gasteiger partial charge in [-0.15, -0.1) is 5.10 Å². The van der Waals surface area contributed by atoms with E-state index in [9.17, 15) is 0 Å². The van der Waals surface area contributed by atoms with E-state index in [2.05, 4.69) is 43.5 Å². The van der Waals surface area contributed by atoms with Crippen LogP contribution < -0.4 is 9.47 Å². The molecule has 1 aliphatic heterocycles. The van der Waals surface area contributed by atoms with Crippen LogP contribution in [0.25, 0.3) is 0 Å². The molecule has 8 heteroatoms. The molecular formula is C26H34N6O2. The van der Waals surface area contributed by atoms with Crippen LogP contribution in [0.15, 0.2) is 48.5 Å². The van der Waals surface area contributed by atoms with Crippen LogP contribution in [0.3, 0.4) is 0 Å². The molecule has 0 N–H and O–H groups in total. The Morgan fingerprint density at radius 1 is 0.941 bits per heavy atom. The van der Waals surface area contributed by atoms with Gasteiger partial charge in [0.2, 0.25) is 0 Å². The van der Waals surface area contributed by atoms with Crippen LogP contribution in [0.4, 0.5) is 0 Å². The Balaban J connectivity index is 1.47. The van der Waals surface area contributed by atoms with Crippen molar-refractivity contribution in [3.05, 3.63) is 65.5 Å². The Labute approximate surface area is 201 Å². The van der Waals surface area contributed by atoms with E-state index in [0.717, 1.165) is 55.1 Å². The molecule has 0 radical (unpaired) electrons. The molecule has 2 aliphatic rings. The summed E-state index contributed by atoms with van der Waals surface area (Å²) in [6, 6.07) is 17.0. The Kier molecular flexibility index (Phi) is 7.06. The molecule has 0 amide bonds. The second-order valence-electron chi connectivity index (χ2n) is 9.20. The summed E-state index contributed by atoms with van der Waals surface area (Å²) in [7, 11) is 3.38. The summed E-state index contributed by atoms with van der Waals surface area (Å²) >= 11 is 0. The Morgan fingerprint density at radius 2 is 1.71 bits per heavy atom. The predicted octanol–water partition coefficient (Wildman–Crippen LogP) is 3.39. The van der Waals surface area contributed by atoms with Crippen LogP contribution in [0.1, 0.15) is 48.7 Å². The van der Waals surface area contributed by atoms with Gasteiger partial charge in [0.05, 0.1) is 20.8 Å². The van der Waals surface area contributed by atoms with Crippen LogP contribution in [0, 0.1) is 0 Å². The lowest BCUT2D eigenvalue weighted by Gasteiger charge is -2.41. The molecule has 1 saturated heterocycles. The molecule has 8 nitrogen and oxygen atoms in total. The molecule has 0 bridgehead atoms. The Hall–Kier alpha value is -2.97. The van der Waals surface area contributed by atoms with E-state index in [0.29, 0.717) is 6.54 Å². The predicted molar refractivity (Wildman–Crippen MR) is 130 cm³/mol. The normalized spacial score (nSPS) is 18.8. The molecule has 0 spiro atoms. The fourth-order valence-corrected chi connectivity index (χ4v) is 5.45. The van der Waals surface area contributed by atoms with Crippen molar-refractivity contribution in [3.63, 3.8) is 0 Å². The van der Waals surface area contributed by atoms with Crippen molar-refractivity contribution in [2.45, 2.75) is 44.3 Å². The van der Waals surface area contributed by atoms with E-state index in [-0.39, 0.29) is 6.04 Å². The van der Waals surface area contributed by atoms with Crippen molar-refractivity contribution in [2.75, 3.05) is 40.4 Å². The summed E-state index contributed by atoms with van der Waals surface area (Å²) in [4.78, 5) is 5.18. The number of nitrogens with zero attached hydrogens (tertiary/aromatic N) is 6. The van der Waals surface area contributed by atoms with Gasteiger partial charge in [0, 0.05) is 43.9 Å². The van der Waals surface area contributed by atoms with Crippen LogP contribution in [0.2, 0.25) is 0 Å². The van der Waals surface area contributed by atoms with Crippen molar-refractivity contribution in [3.8, 4) is 11.5 Å². The van der Waals surface area contributed by atoms with Crippen LogP contribution in [-0.4, -0.2) is 76.4 Å². The molecule has 2 fully saturated rings. The van der Waals surface area contributed by atoms with Crippen LogP contribution in [-0.2, 0) is 6.54 Å². The van der Waals surface area contributed by atoms with Crippen LogP contribution in [0.5, 0.6) is 11.5 Å². The average Bonchev–Trinajstić information content (AvgIpc) is 3.59. The maximum absolute atomic E-state index is 5.82. The van der Waals surface area contributed by atoms with Gasteiger partial charge in [0.25, 0.3) is 0 Å². The van der Waals surface area contributed by atoms with E-state index in [1.165, 1.54) is 31.2 Å². The number of hydrogen-bond acceptors (Lipinski definition) is 7. The van der Waals surface area contributed by atoms with Gasteiger partial charge >= 0.3 is 0 Å². The highest BCUT2D eigenvalue weighted by molar-refractivity contribution is 5.44. The summed E-state index contributed by atoms with van der Waals surface area (Å²) < 4.78 is 13.2. The molecule has 2 heterocycles. The number of tetrazole rings is 1. The number of methoxy groups -OCH3 is 2. The molecule has 3 aromatic rings. The molecule has 1 aliphatic carbocycles. The number of benzene rings is 2. The highest BCUT2D eigenvalue weighted by Gasteiger charge is 2.34. The monoisotopic (exact) mass is 462 g/mol. The first-order valence-electron chi connectivity index (χ1n) is 12.3. The van der Waals surface area contributed by atoms with E-state index < -0.39 is 0 Å². The first-order valence-corrected chi connectivity index (χ1v) is 12.3. The van der Waals surface area contributed by atoms with Gasteiger partial charge in [-0.25, -0.2) is 4.68 Å². The number of hydrogen-bond donors (Lipinski definition) is 0. The minimum Gasteiger partial charge on any atom is -0.497 e. The maximum atomic E-state index is 5.82. The molecule has 180 valence electrons. The average molecular weight is 463 g/mol. The summed E-state index contributed by atoms with van der Waals surface area (Å²) in [5.41, 5.74) is 2.23. The lowest BCUT2D eigenvalue weighted by Crippen LogP contribution is -2.51. The smallest absolute Gasteiger partial charge is 0.173 e. The zero-order chi connectivity index (χ0) is 23.3. The van der Waals surface area contributed by atoms with Gasteiger partial charge in [-0.05, 0) is 41.0 Å². The van der Waals surface area contributed by atoms with E-state index in [1.54, 1.807) is 14.2 Å². The molecule has 5 rings (SSSR count). The van der Waals surface area contributed by atoms with Gasteiger partial charge in [-0.3, -0.25) is 9.80 Å². The van der Waals surface area contributed by atoms with E-state index in [1.807, 2.05) is 35.0 Å². The molecule has 1 atom stereocenters. The lowest BCUT2D eigenvalue weighted by molar-refractivity contribution is 0.0764. The fourth-order valence-electron chi connectivity index (χ4n) is 5.45. The number of ether oxygens (including phenoxy) is 2. The minimum atomic E-state index is -0.106. The third-order valence-corrected chi connectivity index (χ3v) is 7.27. The molecule has 1 saturated carbocycles. The second-order valence-corrected chi connectivity index (χ2v) is 9.20. The van der Waals surface area contributed by atoms with Gasteiger partial charge < -0.3 is 9.47 Å². The van der Waals surface area contributed by atoms with Crippen molar-refractivity contribution in [1.29, 1.82) is 0 Å². The molecule has 34 heavy (non-hydrogen) atoms. The zero-order valence-corrected chi connectivity index (χ0v) is 20.1. The second kappa shape index (κ2) is 10.5. The maximum Gasteiger partial charge on any atom is 0.173 e. The lowest BCUT2D eigenvalue weighted by atomic mass is 10.0. The Bertz CT molecular complexity index is 1060. The van der Waals surface area contributed by atoms with Crippen molar-refractivity contribution in [1.82, 2.24) is 30.0 Å². The molecule has 1 unspecified atom stereocenters. The largest absolute Gasteiger partial charge is 0.497 e. The summed E-state index contributed by atoms with van der Waals surface area (Å²) in [6.07, 6.45) is 5.41. The Morgan fingerprint density at radius 3 is 2.41 bits per heavy atom. The zero-order valence-electron chi connectivity index (χ0n) is 20.1. The molecule has 1 aromatic heterocycles. The highest BCUT2D eigenvalue weighted by atomic mass is 16.5. The summed E-state index contributed by atoms with van der Waals surface area (Å²) in [5, 5.41) is 13.0. The first-order chi connectivity index (χ1) is 16.8. The topological polar surface area (TPSA) is 68.5 Å².